The van der Waals surface area contributed by atoms with Crippen LogP contribution in [0.3, 0.4) is 0 Å². The van der Waals surface area contributed by atoms with Crippen molar-refractivity contribution in [1.29, 1.82) is 0 Å². The minimum absolute atomic E-state index is 0.186. The molecule has 3 aromatic carbocycles. The minimum Gasteiger partial charge on any atom is -0.340 e. The number of nitrogens with zero attached hydrogens (tertiary/aromatic N) is 2. The van der Waals surface area contributed by atoms with Gasteiger partial charge < -0.3 is 10.6 Å². The molecule has 1 amide bonds. The molecule has 1 aromatic heterocycles. The Bertz CT molecular complexity index is 1190. The molecule has 2 N–H and O–H groups in total. The summed E-state index contributed by atoms with van der Waals surface area (Å²) in [7, 11) is 0. The molecule has 0 fully saturated rings. The third-order valence-electron chi connectivity index (χ3n) is 4.43. The first-order valence-electron chi connectivity index (χ1n) is 9.42. The van der Waals surface area contributed by atoms with E-state index in [4.69, 9.17) is 0 Å². The summed E-state index contributed by atoms with van der Waals surface area (Å²) in [5, 5.41) is 6.20. The molecule has 148 valence electrons. The molecule has 6 heteroatoms. The Kier molecular flexibility index (Phi) is 5.86. The maximum atomic E-state index is 12.7. The molecule has 0 aliphatic heterocycles. The number of nitrogens with one attached hydrogen (secondary N) is 2. The summed E-state index contributed by atoms with van der Waals surface area (Å²) in [4.78, 5) is 21.7. The minimum atomic E-state index is -0.186. The number of benzene rings is 3. The largest absolute Gasteiger partial charge is 0.340 e. The topological polar surface area (TPSA) is 66.9 Å². The Hall–Kier alpha value is -3.51. The van der Waals surface area contributed by atoms with Crippen LogP contribution in [0.4, 0.5) is 17.2 Å². The number of halogens is 1. The van der Waals surface area contributed by atoms with E-state index < -0.39 is 0 Å². The molecule has 1 heterocycles. The second kappa shape index (κ2) is 8.88. The van der Waals surface area contributed by atoms with Gasteiger partial charge in [-0.15, -0.1) is 0 Å². The zero-order valence-corrected chi connectivity index (χ0v) is 17.8. The highest BCUT2D eigenvalue weighted by Crippen LogP contribution is 2.24. The van der Waals surface area contributed by atoms with Crippen molar-refractivity contribution in [2.24, 2.45) is 0 Å². The highest BCUT2D eigenvalue weighted by molar-refractivity contribution is 9.10. The molecular weight excluding hydrogens is 440 g/mol. The van der Waals surface area contributed by atoms with Crippen LogP contribution in [0.1, 0.15) is 16.2 Å². The van der Waals surface area contributed by atoms with Gasteiger partial charge in [0.1, 0.15) is 11.6 Å². The number of carbonyl (C=O) groups is 1. The van der Waals surface area contributed by atoms with E-state index in [2.05, 4.69) is 36.5 Å². The first-order valence-corrected chi connectivity index (χ1v) is 10.2. The summed E-state index contributed by atoms with van der Waals surface area (Å²) in [6, 6.07) is 26.7. The van der Waals surface area contributed by atoms with Crippen molar-refractivity contribution in [3.05, 3.63) is 101 Å². The Morgan fingerprint density at radius 2 is 1.63 bits per heavy atom. The van der Waals surface area contributed by atoms with E-state index in [0.717, 1.165) is 27.1 Å². The molecule has 0 bridgehead atoms. The molecule has 0 saturated heterocycles. The summed E-state index contributed by atoms with van der Waals surface area (Å²) in [6.45, 7) is 1.86. The van der Waals surface area contributed by atoms with E-state index in [0.29, 0.717) is 17.2 Å². The van der Waals surface area contributed by atoms with Crippen molar-refractivity contribution >= 4 is 39.0 Å². The number of para-hydroxylation sites is 1. The zero-order valence-electron chi connectivity index (χ0n) is 16.3. The van der Waals surface area contributed by atoms with Gasteiger partial charge in [-0.1, -0.05) is 48.5 Å². The van der Waals surface area contributed by atoms with Crippen molar-refractivity contribution in [3.63, 3.8) is 0 Å². The first-order chi connectivity index (χ1) is 14.6. The maximum absolute atomic E-state index is 12.7. The van der Waals surface area contributed by atoms with E-state index in [-0.39, 0.29) is 5.91 Å². The van der Waals surface area contributed by atoms with Gasteiger partial charge in [0.15, 0.2) is 0 Å². The Balaban J connectivity index is 1.56. The normalized spacial score (nSPS) is 10.5. The molecule has 30 heavy (non-hydrogen) atoms. The van der Waals surface area contributed by atoms with Crippen molar-refractivity contribution in [2.75, 3.05) is 10.6 Å². The smallest absolute Gasteiger partial charge is 0.255 e. The van der Waals surface area contributed by atoms with E-state index >= 15 is 0 Å². The molecule has 0 aliphatic carbocycles. The zero-order chi connectivity index (χ0) is 20.9. The van der Waals surface area contributed by atoms with Crippen LogP contribution < -0.4 is 10.6 Å². The van der Waals surface area contributed by atoms with Crippen LogP contribution in [0.25, 0.3) is 11.3 Å². The molecule has 0 radical (unpaired) electrons. The lowest BCUT2D eigenvalue weighted by atomic mass is 10.1. The quantitative estimate of drug-likeness (QED) is 0.372. The molecule has 0 unspecified atom stereocenters. The van der Waals surface area contributed by atoms with Crippen LogP contribution >= 0.6 is 15.9 Å². The molecule has 0 aliphatic rings. The molecule has 0 spiro atoms. The molecule has 0 saturated carbocycles. The predicted molar refractivity (Wildman–Crippen MR) is 124 cm³/mol. The number of hydrogen-bond acceptors (Lipinski definition) is 4. The highest BCUT2D eigenvalue weighted by Gasteiger charge is 2.10. The van der Waals surface area contributed by atoms with Crippen LogP contribution in [0.15, 0.2) is 89.4 Å². The fraction of sp³-hybridized carbons (Fsp3) is 0.0417. The summed E-state index contributed by atoms with van der Waals surface area (Å²) in [5.41, 5.74) is 3.90. The molecule has 0 atom stereocenters. The number of anilines is 3. The second-order valence-electron chi connectivity index (χ2n) is 6.69. The number of amides is 1. The average molecular weight is 459 g/mol. The van der Waals surface area contributed by atoms with Crippen molar-refractivity contribution in [1.82, 2.24) is 9.97 Å². The van der Waals surface area contributed by atoms with Gasteiger partial charge in [0.25, 0.3) is 5.91 Å². The van der Waals surface area contributed by atoms with Gasteiger partial charge in [-0.25, -0.2) is 9.97 Å². The van der Waals surface area contributed by atoms with Crippen LogP contribution in [0, 0.1) is 6.92 Å². The number of hydrogen-bond donors (Lipinski definition) is 2. The maximum Gasteiger partial charge on any atom is 0.255 e. The summed E-state index contributed by atoms with van der Waals surface area (Å²) in [6.07, 6.45) is 0. The summed E-state index contributed by atoms with van der Waals surface area (Å²) in [5.74, 6) is 1.15. The molecule has 4 aromatic rings. The molecular formula is C24H19BrN4O. The van der Waals surface area contributed by atoms with Gasteiger partial charge in [-0.3, -0.25) is 4.79 Å². The third kappa shape index (κ3) is 4.72. The number of aryl methyl sites for hydroxylation is 1. The van der Waals surface area contributed by atoms with Crippen LogP contribution in [-0.2, 0) is 0 Å². The van der Waals surface area contributed by atoms with Gasteiger partial charge in [0.2, 0.25) is 0 Å². The van der Waals surface area contributed by atoms with Gasteiger partial charge in [0.05, 0.1) is 11.4 Å². The fourth-order valence-corrected chi connectivity index (χ4v) is 3.42. The molecule has 5 nitrogen and oxygen atoms in total. The fourth-order valence-electron chi connectivity index (χ4n) is 3.03. The number of aromatic nitrogens is 2. The lowest BCUT2D eigenvalue weighted by Crippen LogP contribution is -2.12. The lowest BCUT2D eigenvalue weighted by Gasteiger charge is -2.11. The van der Waals surface area contributed by atoms with Gasteiger partial charge >= 0.3 is 0 Å². The average Bonchev–Trinajstić information content (AvgIpc) is 2.76. The van der Waals surface area contributed by atoms with Crippen LogP contribution in [0.2, 0.25) is 0 Å². The van der Waals surface area contributed by atoms with Crippen LogP contribution in [0.5, 0.6) is 0 Å². The first kappa shape index (κ1) is 19.8. The second-order valence-corrected chi connectivity index (χ2v) is 7.55. The van der Waals surface area contributed by atoms with Gasteiger partial charge in [0, 0.05) is 27.4 Å². The number of carbonyl (C=O) groups excluding carboxylic acids is 1. The van der Waals surface area contributed by atoms with E-state index in [1.165, 1.54) is 0 Å². The third-order valence-corrected chi connectivity index (χ3v) is 5.12. The van der Waals surface area contributed by atoms with Crippen LogP contribution in [-0.4, -0.2) is 15.9 Å². The lowest BCUT2D eigenvalue weighted by molar-refractivity contribution is 0.102. The monoisotopic (exact) mass is 458 g/mol. The summed E-state index contributed by atoms with van der Waals surface area (Å²) < 4.78 is 0.831. The Morgan fingerprint density at radius 1 is 0.867 bits per heavy atom. The summed E-state index contributed by atoms with van der Waals surface area (Å²) >= 11 is 3.45. The van der Waals surface area contributed by atoms with E-state index in [9.17, 15) is 4.79 Å². The van der Waals surface area contributed by atoms with E-state index in [1.807, 2.05) is 79.7 Å². The SMILES string of the molecule is Cc1nc(Nc2cccc(C(=O)Nc3ccccc3Br)c2)cc(-c2ccccc2)n1. The van der Waals surface area contributed by atoms with Crippen molar-refractivity contribution in [3.8, 4) is 11.3 Å². The van der Waals surface area contributed by atoms with Crippen molar-refractivity contribution < 1.29 is 4.79 Å². The molecule has 4 rings (SSSR count). The Labute approximate surface area is 183 Å². The standard InChI is InChI=1S/C24H19BrN4O/c1-16-26-22(17-8-3-2-4-9-17)15-23(27-16)28-19-11-7-10-18(14-19)24(30)29-21-13-6-5-12-20(21)25/h2-15H,1H3,(H,29,30)(H,26,27,28). The number of rotatable bonds is 5. The highest BCUT2D eigenvalue weighted by atomic mass is 79.9. The van der Waals surface area contributed by atoms with Gasteiger partial charge in [-0.05, 0) is 53.2 Å². The van der Waals surface area contributed by atoms with E-state index in [1.54, 1.807) is 12.1 Å². The Morgan fingerprint density at radius 3 is 2.43 bits per heavy atom. The predicted octanol–water partition coefficient (Wildman–Crippen LogP) is 6.21. The van der Waals surface area contributed by atoms with Gasteiger partial charge in [-0.2, -0.15) is 0 Å². The van der Waals surface area contributed by atoms with Crippen molar-refractivity contribution in [2.45, 2.75) is 6.92 Å².